The van der Waals surface area contributed by atoms with Crippen LogP contribution in [0.5, 0.6) is 0 Å². The summed E-state index contributed by atoms with van der Waals surface area (Å²) >= 11 is -0.344. The Kier molecular flexibility index (Phi) is 12.8. The fraction of sp³-hybridized carbons (Fsp3) is 0.222. The summed E-state index contributed by atoms with van der Waals surface area (Å²) in [5.74, 6) is 7.75. The molecular weight excluding hydrogens is 1130 g/mol. The molecule has 0 saturated carbocycles. The van der Waals surface area contributed by atoms with Crippen molar-refractivity contribution in [3.05, 3.63) is 197 Å². The number of para-hydroxylation sites is 1. The van der Waals surface area contributed by atoms with Crippen LogP contribution in [0.3, 0.4) is 0 Å². The third kappa shape index (κ3) is 9.20. The quantitative estimate of drug-likeness (QED) is 0.0865. The summed E-state index contributed by atoms with van der Waals surface area (Å²) in [7, 11) is 0. The molecule has 8 heteroatoms. The van der Waals surface area contributed by atoms with Gasteiger partial charge >= 0.3 is 140 Å². The van der Waals surface area contributed by atoms with Crippen molar-refractivity contribution in [3.8, 4) is 28.3 Å². The summed E-state index contributed by atoms with van der Waals surface area (Å²) in [6.07, 6.45) is 2.81. The zero-order valence-corrected chi connectivity index (χ0v) is 47.3. The molecule has 0 N–H and O–H groups in total. The normalized spacial score (nSPS) is 12.8. The van der Waals surface area contributed by atoms with Crippen LogP contribution in [0, 0.1) is 51.5 Å². The second-order valence-electron chi connectivity index (χ2n) is 20.7. The van der Waals surface area contributed by atoms with Gasteiger partial charge in [0, 0.05) is 47.4 Å². The van der Waals surface area contributed by atoms with Gasteiger partial charge in [-0.3, -0.25) is 4.98 Å². The van der Waals surface area contributed by atoms with Crippen LogP contribution < -0.4 is 4.40 Å². The molecular formula is C63H59FGeIrN4S-2. The van der Waals surface area contributed by atoms with Crippen molar-refractivity contribution in [3.63, 3.8) is 0 Å². The minimum absolute atomic E-state index is 0. The average molecular weight is 1190 g/mol. The summed E-state index contributed by atoms with van der Waals surface area (Å²) < 4.78 is 41.6. The van der Waals surface area contributed by atoms with E-state index in [1.54, 1.807) is 11.3 Å². The first-order chi connectivity index (χ1) is 34.7. The van der Waals surface area contributed by atoms with Crippen molar-refractivity contribution in [2.75, 3.05) is 0 Å². The number of nitrogens with zero attached hydrogens (tertiary/aromatic N) is 4. The minimum Gasteiger partial charge on any atom is 0 e. The monoisotopic (exact) mass is 1190 g/mol. The predicted octanol–water partition coefficient (Wildman–Crippen LogP) is 16.6. The third-order valence-corrected chi connectivity index (χ3v) is 19.2. The minimum atomic E-state index is -2.41. The summed E-state index contributed by atoms with van der Waals surface area (Å²) in [4.78, 5) is 16.5. The number of imidazole rings is 1. The number of aromatic nitrogens is 4. The van der Waals surface area contributed by atoms with Gasteiger partial charge in [0.15, 0.2) is 0 Å². The van der Waals surface area contributed by atoms with Gasteiger partial charge in [0.1, 0.15) is 4.83 Å². The summed E-state index contributed by atoms with van der Waals surface area (Å²) in [5, 5.41) is 7.22. The van der Waals surface area contributed by atoms with Crippen LogP contribution in [-0.4, -0.2) is 32.8 Å². The zero-order chi connectivity index (χ0) is 51.7. The predicted molar refractivity (Wildman–Crippen MR) is 299 cm³/mol. The largest absolute Gasteiger partial charge is 0 e. The van der Waals surface area contributed by atoms with Crippen LogP contribution in [0.15, 0.2) is 140 Å². The van der Waals surface area contributed by atoms with Crippen molar-refractivity contribution < 1.29 is 28.6 Å². The van der Waals surface area contributed by atoms with Crippen LogP contribution in [0.25, 0.3) is 81.2 Å². The Balaban J connectivity index is 0.000000220. The van der Waals surface area contributed by atoms with Gasteiger partial charge in [0.25, 0.3) is 0 Å². The number of benzene rings is 7. The van der Waals surface area contributed by atoms with Crippen LogP contribution in [0.4, 0.5) is 4.39 Å². The molecule has 0 amide bonds. The molecule has 359 valence electrons. The molecule has 0 atom stereocenters. The standard InChI is InChI=1S/C44H34N3S.C19H25FGeN.Ir/c1-26-22-23-35(41-37(26)34-24-25-36(45-43(34)48-41)44(4,5)29-16-7-6-8-17-29)42-46-38-32-20-11-9-18-30(32)31-19-10-12-21-33(31)40(38)47(42)39-27(2)14-13-15-28(39)3;1-13(2)9-15-11-19(22-12-18(15)21(4,5)6)17-8-7-16(20)10-14(17)3;/h6-22,24-25H,1-5H3;7,10-13H,9H2,1-6H3;/q2*-1;/i;3D3;. The maximum absolute atomic E-state index is 13.6. The number of pyridine rings is 2. The van der Waals surface area contributed by atoms with E-state index in [0.29, 0.717) is 17.2 Å². The third-order valence-electron chi connectivity index (χ3n) is 13.8. The van der Waals surface area contributed by atoms with Crippen LogP contribution in [0.2, 0.25) is 17.3 Å². The van der Waals surface area contributed by atoms with E-state index >= 15 is 0 Å². The van der Waals surface area contributed by atoms with Crippen LogP contribution in [-0.2, 0) is 31.9 Å². The van der Waals surface area contributed by atoms with Crippen molar-refractivity contribution in [2.45, 2.75) is 84.4 Å². The van der Waals surface area contributed by atoms with E-state index in [1.165, 1.54) is 75.6 Å². The molecule has 0 aliphatic heterocycles. The molecule has 71 heavy (non-hydrogen) atoms. The van der Waals surface area contributed by atoms with Crippen molar-refractivity contribution in [1.82, 2.24) is 19.5 Å². The molecule has 1 radical (unpaired) electrons. The van der Waals surface area contributed by atoms with Crippen molar-refractivity contribution >= 4 is 81.9 Å². The first-order valence-electron chi connectivity index (χ1n) is 25.6. The van der Waals surface area contributed by atoms with Gasteiger partial charge < -0.3 is 4.57 Å². The summed E-state index contributed by atoms with van der Waals surface area (Å²) in [6.45, 7) is 13.0. The second-order valence-corrected chi connectivity index (χ2v) is 32.2. The zero-order valence-electron chi connectivity index (χ0n) is 45.0. The van der Waals surface area contributed by atoms with E-state index in [-0.39, 0.29) is 31.1 Å². The molecule has 4 heterocycles. The molecule has 0 bridgehead atoms. The number of halogens is 1. The van der Waals surface area contributed by atoms with Gasteiger partial charge in [0.2, 0.25) is 0 Å². The Morgan fingerprint density at radius 3 is 2.04 bits per heavy atom. The molecule has 7 aromatic carbocycles. The van der Waals surface area contributed by atoms with Gasteiger partial charge in [-0.05, 0) is 52.1 Å². The van der Waals surface area contributed by atoms with E-state index < -0.39 is 25.9 Å². The summed E-state index contributed by atoms with van der Waals surface area (Å²) in [6, 6.07) is 52.0. The molecule has 0 saturated heterocycles. The number of rotatable bonds is 8. The van der Waals surface area contributed by atoms with Crippen LogP contribution >= 0.6 is 11.3 Å². The summed E-state index contributed by atoms with van der Waals surface area (Å²) in [5.41, 5.74) is 12.1. The maximum atomic E-state index is 13.6. The van der Waals surface area contributed by atoms with E-state index in [2.05, 4.69) is 203 Å². The number of fused-ring (bicyclic) bond motifs is 9. The van der Waals surface area contributed by atoms with E-state index in [1.807, 2.05) is 12.3 Å². The Labute approximate surface area is 442 Å². The van der Waals surface area contributed by atoms with Gasteiger partial charge in [0.05, 0.1) is 22.6 Å². The molecule has 11 aromatic rings. The van der Waals surface area contributed by atoms with Gasteiger partial charge in [-0.15, -0.1) is 17.7 Å². The molecule has 0 unspecified atom stereocenters. The van der Waals surface area contributed by atoms with E-state index in [9.17, 15) is 4.39 Å². The Hall–Kier alpha value is -5.83. The fourth-order valence-corrected chi connectivity index (χ4v) is 14.8. The fourth-order valence-electron chi connectivity index (χ4n) is 10.2. The molecule has 11 rings (SSSR count). The van der Waals surface area contributed by atoms with Gasteiger partial charge in [-0.1, -0.05) is 135 Å². The first-order valence-corrected chi connectivity index (χ1v) is 32.3. The SMILES string of the molecule is Cc1cccc(C)c1-n1c(-c2[c-]cc(C)c3c2sc2nc(C(C)(C)c4ccccc4)ccc23)nc2c3ccccc3c3ccccc3c21.[2H]C([2H])([2H])c1cc(F)c[c-]c1-c1cc(CC(C)C)[c]([Ge]([CH3])([CH3])[CH3])cn1.[Ir]. The average Bonchev–Trinajstić information content (AvgIpc) is 3.94. The Bertz CT molecular complexity index is 3910. The second kappa shape index (κ2) is 19.6. The topological polar surface area (TPSA) is 43.6 Å². The van der Waals surface area contributed by atoms with E-state index in [0.717, 1.165) is 50.8 Å². The number of thiophene rings is 1. The molecule has 0 spiro atoms. The van der Waals surface area contributed by atoms with Gasteiger partial charge in [-0.2, -0.15) is 11.3 Å². The number of hydrogen-bond donors (Lipinski definition) is 0. The molecule has 0 aliphatic carbocycles. The van der Waals surface area contributed by atoms with Crippen LogP contribution in [0.1, 0.15) is 70.9 Å². The molecule has 0 aliphatic rings. The first kappa shape index (κ1) is 46.3. The Morgan fingerprint density at radius 2 is 1.37 bits per heavy atom. The number of hydrogen-bond acceptors (Lipinski definition) is 4. The molecule has 0 fully saturated rings. The van der Waals surface area contributed by atoms with Crippen molar-refractivity contribution in [2.24, 2.45) is 5.92 Å². The Morgan fingerprint density at radius 1 is 0.718 bits per heavy atom. The van der Waals surface area contributed by atoms with E-state index in [4.69, 9.17) is 14.1 Å². The smallest absolute Gasteiger partial charge is 0 e. The molecule has 4 aromatic heterocycles. The maximum Gasteiger partial charge on any atom is 0 e. The van der Waals surface area contributed by atoms with Gasteiger partial charge in [-0.25, -0.2) is 4.98 Å². The van der Waals surface area contributed by atoms with Crippen molar-refractivity contribution in [1.29, 1.82) is 0 Å². The number of aryl methyl sites for hydroxylation is 4. The molecule has 4 nitrogen and oxygen atoms in total.